The molecule has 0 aliphatic heterocycles. The molecular weight excluding hydrogens is 148 g/mol. The van der Waals surface area contributed by atoms with Crippen LogP contribution < -0.4 is 0 Å². The molecule has 1 aromatic carbocycles. The van der Waals surface area contributed by atoms with Crippen LogP contribution in [0.2, 0.25) is 0 Å². The number of allylic oxidation sites excluding steroid dienone is 2. The summed E-state index contributed by atoms with van der Waals surface area (Å²) in [5.41, 5.74) is 1.97. The van der Waals surface area contributed by atoms with Crippen LogP contribution >= 0.6 is 0 Å². The lowest BCUT2D eigenvalue weighted by molar-refractivity contribution is 0.112. The van der Waals surface area contributed by atoms with Crippen molar-refractivity contribution in [3.8, 4) is 0 Å². The van der Waals surface area contributed by atoms with Crippen molar-refractivity contribution >= 4 is 6.29 Å². The van der Waals surface area contributed by atoms with Gasteiger partial charge in [0.15, 0.2) is 0 Å². The molecule has 0 radical (unpaired) electrons. The molecule has 0 spiro atoms. The summed E-state index contributed by atoms with van der Waals surface area (Å²) in [6, 6.07) is 7.63. The Kier molecular flexibility index (Phi) is 3.27. The second kappa shape index (κ2) is 4.50. The molecule has 62 valence electrons. The molecule has 0 aromatic heterocycles. The van der Waals surface area contributed by atoms with Gasteiger partial charge < -0.3 is 0 Å². The Labute approximate surface area is 72.7 Å². The first-order valence-electron chi connectivity index (χ1n) is 4.02. The Morgan fingerprint density at radius 1 is 1.25 bits per heavy atom. The van der Waals surface area contributed by atoms with Crippen molar-refractivity contribution in [2.24, 2.45) is 0 Å². The molecule has 12 heavy (non-hydrogen) atoms. The van der Waals surface area contributed by atoms with Crippen LogP contribution in [0.25, 0.3) is 0 Å². The maximum absolute atomic E-state index is 10.3. The Morgan fingerprint density at radius 3 is 2.42 bits per heavy atom. The number of carbonyl (C=O) groups is 1. The zero-order valence-electron chi connectivity index (χ0n) is 7.16. The van der Waals surface area contributed by atoms with Crippen LogP contribution in [0.3, 0.4) is 0 Å². The normalized spacial score (nSPS) is 10.4. The molecule has 1 nitrogen and oxygen atoms in total. The third-order valence-electron chi connectivity index (χ3n) is 1.71. The van der Waals surface area contributed by atoms with E-state index in [0.717, 1.165) is 18.3 Å². The van der Waals surface area contributed by atoms with Crippen LogP contribution in [0.5, 0.6) is 0 Å². The van der Waals surface area contributed by atoms with Crippen LogP contribution in [0.4, 0.5) is 0 Å². The highest BCUT2D eigenvalue weighted by molar-refractivity contribution is 5.74. The van der Waals surface area contributed by atoms with Gasteiger partial charge in [-0.05, 0) is 18.9 Å². The first-order chi connectivity index (χ1) is 5.86. The SMILES string of the molecule is CC=CCc1ccc(C=O)cc1. The van der Waals surface area contributed by atoms with E-state index in [1.165, 1.54) is 5.56 Å². The fourth-order valence-electron chi connectivity index (χ4n) is 0.986. The highest BCUT2D eigenvalue weighted by atomic mass is 16.1. The summed E-state index contributed by atoms with van der Waals surface area (Å²) in [6.45, 7) is 2.00. The predicted molar refractivity (Wildman–Crippen MR) is 50.3 cm³/mol. The first-order valence-corrected chi connectivity index (χ1v) is 4.02. The molecule has 0 saturated heterocycles. The molecule has 0 aliphatic carbocycles. The van der Waals surface area contributed by atoms with Gasteiger partial charge in [-0.2, -0.15) is 0 Å². The number of hydrogen-bond donors (Lipinski definition) is 0. The molecule has 1 rings (SSSR count). The van der Waals surface area contributed by atoms with E-state index in [-0.39, 0.29) is 0 Å². The monoisotopic (exact) mass is 160 g/mol. The minimum Gasteiger partial charge on any atom is -0.298 e. The largest absolute Gasteiger partial charge is 0.298 e. The predicted octanol–water partition coefficient (Wildman–Crippen LogP) is 2.62. The lowest BCUT2D eigenvalue weighted by Gasteiger charge is -1.95. The molecule has 0 N–H and O–H groups in total. The van der Waals surface area contributed by atoms with E-state index in [1.807, 2.05) is 37.3 Å². The van der Waals surface area contributed by atoms with Crippen molar-refractivity contribution in [2.75, 3.05) is 0 Å². The van der Waals surface area contributed by atoms with Gasteiger partial charge in [0, 0.05) is 5.56 Å². The van der Waals surface area contributed by atoms with Gasteiger partial charge in [0.1, 0.15) is 6.29 Å². The van der Waals surface area contributed by atoms with E-state index < -0.39 is 0 Å². The summed E-state index contributed by atoms with van der Waals surface area (Å²) in [5, 5.41) is 0. The van der Waals surface area contributed by atoms with E-state index in [0.29, 0.717) is 0 Å². The Balaban J connectivity index is 2.70. The quantitative estimate of drug-likeness (QED) is 0.490. The second-order valence-electron chi connectivity index (χ2n) is 2.63. The van der Waals surface area contributed by atoms with Crippen molar-refractivity contribution < 1.29 is 4.79 Å². The molecular formula is C11H12O. The molecule has 0 bridgehead atoms. The van der Waals surface area contributed by atoms with Gasteiger partial charge in [-0.1, -0.05) is 36.4 Å². The highest BCUT2D eigenvalue weighted by Gasteiger charge is 1.90. The fourth-order valence-corrected chi connectivity index (χ4v) is 0.986. The zero-order valence-corrected chi connectivity index (χ0v) is 7.16. The minimum absolute atomic E-state index is 0.735. The Hall–Kier alpha value is -1.37. The van der Waals surface area contributed by atoms with Crippen LogP contribution in [-0.2, 0) is 6.42 Å². The van der Waals surface area contributed by atoms with E-state index in [1.54, 1.807) is 0 Å². The number of benzene rings is 1. The molecule has 0 atom stereocenters. The van der Waals surface area contributed by atoms with Gasteiger partial charge in [0.05, 0.1) is 0 Å². The second-order valence-corrected chi connectivity index (χ2v) is 2.63. The van der Waals surface area contributed by atoms with Crippen molar-refractivity contribution in [3.63, 3.8) is 0 Å². The van der Waals surface area contributed by atoms with Gasteiger partial charge in [-0.15, -0.1) is 0 Å². The van der Waals surface area contributed by atoms with Crippen LogP contribution in [0.15, 0.2) is 36.4 Å². The van der Waals surface area contributed by atoms with Gasteiger partial charge >= 0.3 is 0 Å². The third-order valence-corrected chi connectivity index (χ3v) is 1.71. The lowest BCUT2D eigenvalue weighted by atomic mass is 10.1. The standard InChI is InChI=1S/C11H12O/c1-2-3-4-10-5-7-11(9-12)8-6-10/h2-3,5-9H,4H2,1H3. The van der Waals surface area contributed by atoms with Crippen molar-refractivity contribution in [3.05, 3.63) is 47.5 Å². The topological polar surface area (TPSA) is 17.1 Å². The van der Waals surface area contributed by atoms with E-state index in [9.17, 15) is 4.79 Å². The maximum atomic E-state index is 10.3. The van der Waals surface area contributed by atoms with E-state index >= 15 is 0 Å². The van der Waals surface area contributed by atoms with Crippen LogP contribution in [0.1, 0.15) is 22.8 Å². The van der Waals surface area contributed by atoms with Gasteiger partial charge in [-0.25, -0.2) is 0 Å². The average molecular weight is 160 g/mol. The van der Waals surface area contributed by atoms with Crippen molar-refractivity contribution in [2.45, 2.75) is 13.3 Å². The van der Waals surface area contributed by atoms with Crippen LogP contribution in [0, 0.1) is 0 Å². The molecule has 0 fully saturated rings. The summed E-state index contributed by atoms with van der Waals surface area (Å²) >= 11 is 0. The third kappa shape index (κ3) is 2.35. The van der Waals surface area contributed by atoms with Crippen LogP contribution in [-0.4, -0.2) is 6.29 Å². The zero-order chi connectivity index (χ0) is 8.81. The Morgan fingerprint density at radius 2 is 1.92 bits per heavy atom. The van der Waals surface area contributed by atoms with Gasteiger partial charge in [0.25, 0.3) is 0 Å². The van der Waals surface area contributed by atoms with Gasteiger partial charge in [0.2, 0.25) is 0 Å². The number of aldehydes is 1. The highest BCUT2D eigenvalue weighted by Crippen LogP contribution is 2.03. The number of hydrogen-bond acceptors (Lipinski definition) is 1. The number of rotatable bonds is 3. The molecule has 0 aliphatic rings. The summed E-state index contributed by atoms with van der Waals surface area (Å²) in [5.74, 6) is 0. The molecule has 0 heterocycles. The summed E-state index contributed by atoms with van der Waals surface area (Å²) < 4.78 is 0. The molecule has 0 saturated carbocycles. The first kappa shape index (κ1) is 8.72. The lowest BCUT2D eigenvalue weighted by Crippen LogP contribution is -1.82. The van der Waals surface area contributed by atoms with E-state index in [2.05, 4.69) is 6.08 Å². The minimum atomic E-state index is 0.735. The maximum Gasteiger partial charge on any atom is 0.150 e. The summed E-state index contributed by atoms with van der Waals surface area (Å²) in [7, 11) is 0. The van der Waals surface area contributed by atoms with E-state index in [4.69, 9.17) is 0 Å². The Bertz CT molecular complexity index is 270. The van der Waals surface area contributed by atoms with Crippen molar-refractivity contribution in [1.29, 1.82) is 0 Å². The van der Waals surface area contributed by atoms with Crippen molar-refractivity contribution in [1.82, 2.24) is 0 Å². The smallest absolute Gasteiger partial charge is 0.150 e. The fraction of sp³-hybridized carbons (Fsp3) is 0.182. The summed E-state index contributed by atoms with van der Waals surface area (Å²) in [6.07, 6.45) is 5.92. The average Bonchev–Trinajstić information content (AvgIpc) is 2.15. The molecule has 1 aromatic rings. The number of carbonyl (C=O) groups excluding carboxylic acids is 1. The summed E-state index contributed by atoms with van der Waals surface area (Å²) in [4.78, 5) is 10.3. The van der Waals surface area contributed by atoms with Gasteiger partial charge in [-0.3, -0.25) is 4.79 Å². The molecule has 1 heteroatoms. The molecule has 0 amide bonds. The molecule has 0 unspecified atom stereocenters.